The third kappa shape index (κ3) is 3.41. The van der Waals surface area contributed by atoms with Crippen molar-refractivity contribution in [3.05, 3.63) is 47.7 Å². The summed E-state index contributed by atoms with van der Waals surface area (Å²) in [6.07, 6.45) is -3.49. The number of ether oxygens (including phenoxy) is 1. The van der Waals surface area contributed by atoms with Crippen LogP contribution in [0.2, 0.25) is 0 Å². The highest BCUT2D eigenvalue weighted by molar-refractivity contribution is 5.88. The summed E-state index contributed by atoms with van der Waals surface area (Å²) in [4.78, 5) is 14.4. The number of pyridine rings is 1. The summed E-state index contributed by atoms with van der Waals surface area (Å²) in [5, 5.41) is 8.75. The molecule has 1 aromatic heterocycles. The minimum Gasteiger partial charge on any atom is -0.478 e. The average molecular weight is 298 g/mol. The molecular formula is C13H9F3N2O3. The number of alkyl halides is 3. The maximum absolute atomic E-state index is 12.6. The molecule has 1 heterocycles. The molecule has 0 unspecified atom stereocenters. The Balaban J connectivity index is 2.28. The van der Waals surface area contributed by atoms with Crippen molar-refractivity contribution in [1.29, 1.82) is 0 Å². The zero-order valence-corrected chi connectivity index (χ0v) is 10.4. The molecule has 0 radical (unpaired) electrons. The molecular weight excluding hydrogens is 289 g/mol. The molecule has 0 saturated heterocycles. The summed E-state index contributed by atoms with van der Waals surface area (Å²) in [5.74, 6) is -1.49. The van der Waals surface area contributed by atoms with Crippen LogP contribution in [0.5, 0.6) is 11.6 Å². The minimum atomic E-state index is -4.49. The van der Waals surface area contributed by atoms with E-state index in [0.29, 0.717) is 0 Å². The number of hydrogen-bond donors (Lipinski definition) is 2. The third-order valence-corrected chi connectivity index (χ3v) is 2.50. The SMILES string of the molecule is Nc1cc(C(=O)O)cnc1Oc1cccc(C(F)(F)F)c1. The van der Waals surface area contributed by atoms with Crippen molar-refractivity contribution in [3.8, 4) is 11.6 Å². The van der Waals surface area contributed by atoms with Gasteiger partial charge in [-0.05, 0) is 24.3 Å². The van der Waals surface area contributed by atoms with Crippen molar-refractivity contribution >= 4 is 11.7 Å². The van der Waals surface area contributed by atoms with E-state index in [1.807, 2.05) is 0 Å². The van der Waals surface area contributed by atoms with Crippen LogP contribution in [0.1, 0.15) is 15.9 Å². The predicted octanol–water partition coefficient (Wildman–Crippen LogP) is 3.17. The summed E-state index contributed by atoms with van der Waals surface area (Å²) < 4.78 is 42.9. The Morgan fingerprint density at radius 2 is 2.00 bits per heavy atom. The van der Waals surface area contributed by atoms with E-state index in [9.17, 15) is 18.0 Å². The van der Waals surface area contributed by atoms with Crippen LogP contribution in [0.4, 0.5) is 18.9 Å². The van der Waals surface area contributed by atoms with Gasteiger partial charge in [0.1, 0.15) is 5.75 Å². The summed E-state index contributed by atoms with van der Waals surface area (Å²) in [6.45, 7) is 0. The molecule has 8 heteroatoms. The second kappa shape index (κ2) is 5.31. The number of carboxylic acids is 1. The Labute approximate surface area is 116 Å². The summed E-state index contributed by atoms with van der Waals surface area (Å²) in [7, 11) is 0. The van der Waals surface area contributed by atoms with E-state index in [4.69, 9.17) is 15.6 Å². The van der Waals surface area contributed by atoms with Crippen molar-refractivity contribution in [3.63, 3.8) is 0 Å². The van der Waals surface area contributed by atoms with E-state index in [1.165, 1.54) is 12.1 Å². The fourth-order valence-electron chi connectivity index (χ4n) is 1.52. The van der Waals surface area contributed by atoms with Gasteiger partial charge in [-0.25, -0.2) is 9.78 Å². The van der Waals surface area contributed by atoms with Gasteiger partial charge in [-0.3, -0.25) is 0 Å². The molecule has 0 aliphatic heterocycles. The average Bonchev–Trinajstić information content (AvgIpc) is 2.40. The number of nitrogens with zero attached hydrogens (tertiary/aromatic N) is 1. The molecule has 2 rings (SSSR count). The molecule has 0 spiro atoms. The number of hydrogen-bond acceptors (Lipinski definition) is 4. The maximum Gasteiger partial charge on any atom is 0.416 e. The van der Waals surface area contributed by atoms with Gasteiger partial charge < -0.3 is 15.6 Å². The lowest BCUT2D eigenvalue weighted by Gasteiger charge is -2.10. The molecule has 21 heavy (non-hydrogen) atoms. The number of carbonyl (C=O) groups is 1. The molecule has 0 amide bonds. The number of aromatic carboxylic acids is 1. The van der Waals surface area contributed by atoms with Gasteiger partial charge >= 0.3 is 12.1 Å². The zero-order chi connectivity index (χ0) is 15.6. The van der Waals surface area contributed by atoms with E-state index in [0.717, 1.165) is 24.4 Å². The molecule has 0 fully saturated rings. The van der Waals surface area contributed by atoms with Crippen molar-refractivity contribution < 1.29 is 27.8 Å². The van der Waals surface area contributed by atoms with Gasteiger partial charge in [-0.15, -0.1) is 0 Å². The summed E-state index contributed by atoms with van der Waals surface area (Å²) in [5.41, 5.74) is 4.44. The van der Waals surface area contributed by atoms with Crippen LogP contribution in [0, 0.1) is 0 Å². The number of nitrogens with two attached hydrogens (primary N) is 1. The molecule has 0 saturated carbocycles. The summed E-state index contributed by atoms with van der Waals surface area (Å²) >= 11 is 0. The molecule has 0 aliphatic carbocycles. The first-order chi connectivity index (χ1) is 9.77. The third-order valence-electron chi connectivity index (χ3n) is 2.50. The topological polar surface area (TPSA) is 85.4 Å². The Bertz CT molecular complexity index is 687. The first-order valence-corrected chi connectivity index (χ1v) is 5.61. The fourth-order valence-corrected chi connectivity index (χ4v) is 1.52. The lowest BCUT2D eigenvalue weighted by molar-refractivity contribution is -0.137. The Morgan fingerprint density at radius 3 is 2.57 bits per heavy atom. The van der Waals surface area contributed by atoms with Crippen molar-refractivity contribution in [1.82, 2.24) is 4.98 Å². The number of rotatable bonds is 3. The molecule has 1 aromatic carbocycles. The number of carboxylic acid groups (broad SMARTS) is 1. The zero-order valence-electron chi connectivity index (χ0n) is 10.4. The Morgan fingerprint density at radius 1 is 1.29 bits per heavy atom. The van der Waals surface area contributed by atoms with E-state index >= 15 is 0 Å². The van der Waals surface area contributed by atoms with E-state index in [1.54, 1.807) is 0 Å². The number of nitrogen functional groups attached to an aromatic ring is 1. The Hall–Kier alpha value is -2.77. The van der Waals surface area contributed by atoms with Crippen LogP contribution >= 0.6 is 0 Å². The smallest absolute Gasteiger partial charge is 0.416 e. The van der Waals surface area contributed by atoms with Gasteiger partial charge in [-0.2, -0.15) is 13.2 Å². The van der Waals surface area contributed by atoms with Crippen LogP contribution in [-0.4, -0.2) is 16.1 Å². The van der Waals surface area contributed by atoms with Crippen molar-refractivity contribution in [2.75, 3.05) is 5.73 Å². The fraction of sp³-hybridized carbons (Fsp3) is 0.0769. The largest absolute Gasteiger partial charge is 0.478 e. The quantitative estimate of drug-likeness (QED) is 0.909. The molecule has 0 bridgehead atoms. The number of anilines is 1. The van der Waals surface area contributed by atoms with Gasteiger partial charge in [0.05, 0.1) is 16.8 Å². The van der Waals surface area contributed by atoms with Gasteiger partial charge in [0.2, 0.25) is 5.88 Å². The second-order valence-corrected chi connectivity index (χ2v) is 4.05. The van der Waals surface area contributed by atoms with Crippen molar-refractivity contribution in [2.45, 2.75) is 6.18 Å². The van der Waals surface area contributed by atoms with Crippen LogP contribution in [-0.2, 0) is 6.18 Å². The molecule has 110 valence electrons. The standard InChI is InChI=1S/C13H9F3N2O3/c14-13(15,16)8-2-1-3-9(5-8)21-11-10(17)4-7(6-18-11)12(19)20/h1-6H,17H2,(H,19,20). The van der Waals surface area contributed by atoms with Crippen LogP contribution in [0.15, 0.2) is 36.5 Å². The van der Waals surface area contributed by atoms with Gasteiger partial charge in [-0.1, -0.05) is 6.07 Å². The lowest BCUT2D eigenvalue weighted by atomic mass is 10.2. The normalized spacial score (nSPS) is 11.2. The van der Waals surface area contributed by atoms with E-state index in [2.05, 4.69) is 4.98 Å². The molecule has 0 atom stereocenters. The van der Waals surface area contributed by atoms with Crippen LogP contribution < -0.4 is 10.5 Å². The Kier molecular flexibility index (Phi) is 3.70. The van der Waals surface area contributed by atoms with Crippen molar-refractivity contribution in [2.24, 2.45) is 0 Å². The second-order valence-electron chi connectivity index (χ2n) is 4.05. The highest BCUT2D eigenvalue weighted by Crippen LogP contribution is 2.33. The molecule has 3 N–H and O–H groups in total. The van der Waals surface area contributed by atoms with E-state index in [-0.39, 0.29) is 22.9 Å². The maximum atomic E-state index is 12.6. The van der Waals surface area contributed by atoms with Crippen LogP contribution in [0.25, 0.3) is 0 Å². The van der Waals surface area contributed by atoms with E-state index < -0.39 is 17.7 Å². The highest BCUT2D eigenvalue weighted by atomic mass is 19.4. The predicted molar refractivity (Wildman–Crippen MR) is 67.1 cm³/mol. The van der Waals surface area contributed by atoms with Gasteiger partial charge in [0.25, 0.3) is 0 Å². The first kappa shape index (κ1) is 14.6. The lowest BCUT2D eigenvalue weighted by Crippen LogP contribution is -2.05. The molecule has 2 aromatic rings. The molecule has 0 aliphatic rings. The summed E-state index contributed by atoms with van der Waals surface area (Å²) in [6, 6.07) is 5.29. The molecule has 5 nitrogen and oxygen atoms in total. The number of aromatic nitrogens is 1. The number of halogens is 3. The monoisotopic (exact) mass is 298 g/mol. The first-order valence-electron chi connectivity index (χ1n) is 5.61. The van der Waals surface area contributed by atoms with Gasteiger partial charge in [0, 0.05) is 6.20 Å². The van der Waals surface area contributed by atoms with Gasteiger partial charge in [0.15, 0.2) is 0 Å². The van der Waals surface area contributed by atoms with Crippen LogP contribution in [0.3, 0.4) is 0 Å². The number of benzene rings is 1. The highest BCUT2D eigenvalue weighted by Gasteiger charge is 2.30. The minimum absolute atomic E-state index is 0.0905.